The highest BCUT2D eigenvalue weighted by molar-refractivity contribution is 6.03. The molecule has 1 amide bonds. The zero-order valence-electron chi connectivity index (χ0n) is 41.8. The van der Waals surface area contributed by atoms with Crippen molar-refractivity contribution in [2.24, 2.45) is 7.05 Å². The van der Waals surface area contributed by atoms with Gasteiger partial charge in [0.1, 0.15) is 54.3 Å². The van der Waals surface area contributed by atoms with Gasteiger partial charge in [0.2, 0.25) is 0 Å². The zero-order valence-corrected chi connectivity index (χ0v) is 41.8. The summed E-state index contributed by atoms with van der Waals surface area (Å²) in [5.74, 6) is 2.53. The lowest BCUT2D eigenvalue weighted by molar-refractivity contribution is 0.0398. The van der Waals surface area contributed by atoms with Crippen molar-refractivity contribution in [1.82, 2.24) is 59.5 Å². The number of amides is 1. The molecule has 0 unspecified atom stereocenters. The summed E-state index contributed by atoms with van der Waals surface area (Å²) in [7, 11) is 1.78. The smallest absolute Gasteiger partial charge is 0.273 e. The Bertz CT molecular complexity index is 2910. The predicted octanol–water partition coefficient (Wildman–Crippen LogP) is 6.32. The fourth-order valence-corrected chi connectivity index (χ4v) is 7.87. The van der Waals surface area contributed by atoms with E-state index in [1.807, 2.05) is 68.4 Å². The number of benzene rings is 2. The lowest BCUT2D eigenvalue weighted by atomic mass is 9.92. The second-order valence-corrected chi connectivity index (χ2v) is 18.5. The maximum atomic E-state index is 13.1. The van der Waals surface area contributed by atoms with Crippen molar-refractivity contribution in [3.05, 3.63) is 115 Å². The number of hydrogen-bond donors (Lipinski definition) is 6. The van der Waals surface area contributed by atoms with Crippen molar-refractivity contribution >= 4 is 51.9 Å². The van der Waals surface area contributed by atoms with Crippen molar-refractivity contribution in [3.63, 3.8) is 0 Å². The minimum Gasteiger partial charge on any atom is -0.399 e. The number of carbonyl (C=O) groups is 1. The molecule has 0 aliphatic carbocycles. The third kappa shape index (κ3) is 13.8. The van der Waals surface area contributed by atoms with Crippen LogP contribution in [0.1, 0.15) is 48.1 Å². The third-order valence-electron chi connectivity index (χ3n) is 12.1. The van der Waals surface area contributed by atoms with Crippen molar-refractivity contribution in [1.29, 1.82) is 0 Å². The van der Waals surface area contributed by atoms with Crippen LogP contribution in [-0.4, -0.2) is 144 Å². The molecule has 2 fully saturated rings. The molecule has 21 nitrogen and oxygen atoms in total. The van der Waals surface area contributed by atoms with Crippen LogP contribution in [0.5, 0.6) is 0 Å². The number of carbonyl (C=O) groups excluding carboxylic acids is 1. The highest BCUT2D eigenvalue weighted by Gasteiger charge is 2.22. The molecule has 0 bridgehead atoms. The summed E-state index contributed by atoms with van der Waals surface area (Å²) in [6, 6.07) is 17.1. The first-order chi connectivity index (χ1) is 34.9. The first kappa shape index (κ1) is 50.7. The van der Waals surface area contributed by atoms with Gasteiger partial charge in [0.15, 0.2) is 0 Å². The normalized spacial score (nSPS) is 14.2. The number of nitrogen functional groups attached to an aromatic ring is 1. The van der Waals surface area contributed by atoms with Crippen LogP contribution in [0.25, 0.3) is 22.5 Å². The molecule has 0 saturated carbocycles. The second kappa shape index (κ2) is 23.9. The van der Waals surface area contributed by atoms with E-state index < -0.39 is 0 Å². The third-order valence-corrected chi connectivity index (χ3v) is 12.1. The van der Waals surface area contributed by atoms with Gasteiger partial charge in [-0.15, -0.1) is 0 Å². The number of nitrogens with zero attached hydrogens (tertiary/aromatic N) is 12. The van der Waals surface area contributed by atoms with Crippen LogP contribution in [0.2, 0.25) is 0 Å². The van der Waals surface area contributed by atoms with E-state index in [2.05, 4.69) is 102 Å². The summed E-state index contributed by atoms with van der Waals surface area (Å²) < 4.78 is 12.4. The van der Waals surface area contributed by atoms with Gasteiger partial charge in [0.25, 0.3) is 5.91 Å². The van der Waals surface area contributed by atoms with E-state index in [0.29, 0.717) is 34.4 Å². The molecule has 7 heterocycles. The summed E-state index contributed by atoms with van der Waals surface area (Å²) in [5.41, 5.74) is 15.2. The van der Waals surface area contributed by atoms with E-state index in [-0.39, 0.29) is 11.3 Å². The molecular weight excluding hydrogens is 913 g/mol. The van der Waals surface area contributed by atoms with E-state index >= 15 is 0 Å². The number of aryl methyl sites for hydroxylation is 3. The van der Waals surface area contributed by atoms with Gasteiger partial charge in [-0.3, -0.25) is 19.3 Å². The van der Waals surface area contributed by atoms with E-state index in [9.17, 15) is 4.79 Å². The van der Waals surface area contributed by atoms with E-state index in [4.69, 9.17) is 15.2 Å². The van der Waals surface area contributed by atoms with Crippen molar-refractivity contribution in [3.8, 4) is 22.5 Å². The number of rotatable bonds is 16. The van der Waals surface area contributed by atoms with Crippen molar-refractivity contribution in [2.75, 3.05) is 111 Å². The van der Waals surface area contributed by atoms with Crippen LogP contribution >= 0.6 is 0 Å². The molecule has 7 aromatic rings. The Labute approximate surface area is 419 Å². The molecule has 2 aromatic carbocycles. The Hall–Kier alpha value is -7.72. The van der Waals surface area contributed by atoms with Crippen LogP contribution in [0.15, 0.2) is 92.3 Å². The second-order valence-electron chi connectivity index (χ2n) is 18.5. The average Bonchev–Trinajstić information content (AvgIpc) is 3.80. The van der Waals surface area contributed by atoms with Crippen molar-refractivity contribution in [2.45, 2.75) is 40.0 Å². The molecular formula is C51H64N18O3. The summed E-state index contributed by atoms with van der Waals surface area (Å²) in [4.78, 5) is 52.8. The van der Waals surface area contributed by atoms with Crippen LogP contribution in [-0.2, 0) is 21.9 Å². The Balaban J connectivity index is 0.000000204. The van der Waals surface area contributed by atoms with E-state index in [1.165, 1.54) is 19.0 Å². The van der Waals surface area contributed by atoms with Crippen LogP contribution in [0.4, 0.5) is 46.0 Å². The van der Waals surface area contributed by atoms with E-state index in [0.717, 1.165) is 135 Å². The number of hydrogen-bond acceptors (Lipinski definition) is 19. The van der Waals surface area contributed by atoms with Gasteiger partial charge in [-0.1, -0.05) is 32.9 Å². The zero-order chi connectivity index (χ0) is 50.5. The number of nitrogens with two attached hydrogens (primary N) is 1. The summed E-state index contributed by atoms with van der Waals surface area (Å²) >= 11 is 0. The minimum atomic E-state index is -0.229. The maximum Gasteiger partial charge on any atom is 0.273 e. The molecule has 7 N–H and O–H groups in total. The van der Waals surface area contributed by atoms with Gasteiger partial charge in [0, 0.05) is 112 Å². The SMILES string of the molecule is Cc1ccc(N)cc1Nc1ncncc1-c1cc(NCCN2CCOCC2)ncn1.Cc1ccc(NC(=O)c2cc(C(C)(C)C)nn2C)cc1Nc1ncncc1-c1cc(NCCN2CCOCC2)ncn1. The number of ether oxygens (including phenoxy) is 2. The van der Waals surface area contributed by atoms with Crippen LogP contribution in [0.3, 0.4) is 0 Å². The van der Waals surface area contributed by atoms with Gasteiger partial charge in [-0.2, -0.15) is 5.10 Å². The first-order valence-corrected chi connectivity index (χ1v) is 24.1. The standard InChI is InChI=1S/C30H38N10O2.C21H26N8O/c1-20-6-7-21(36-29(41)25-16-26(30(2,3)4)38-39(25)5)14-23(20)37-28-22(17-31-18-35-28)24-15-27(34-19-33-24)32-8-9-40-10-12-42-13-11-40;1-15-2-3-16(22)10-18(15)28-21-17(12-23-13-27-21)19-11-20(26-14-25-19)24-4-5-29-6-8-30-9-7-29/h6-7,14-19H,8-13H2,1-5H3,(H,36,41)(H,31,35,37)(H,32,33,34);2-3,10-14H,4-9,22H2,1H3,(H,23,27,28)(H,24,25,26). The number of aromatic nitrogens is 10. The maximum absolute atomic E-state index is 13.1. The van der Waals surface area contributed by atoms with Crippen LogP contribution < -0.4 is 32.3 Å². The van der Waals surface area contributed by atoms with E-state index in [1.54, 1.807) is 30.5 Å². The summed E-state index contributed by atoms with van der Waals surface area (Å²) in [6.07, 6.45) is 9.56. The molecule has 9 rings (SSSR count). The number of morpholine rings is 2. The quantitative estimate of drug-likeness (QED) is 0.0579. The first-order valence-electron chi connectivity index (χ1n) is 24.1. The van der Waals surface area contributed by atoms with Crippen molar-refractivity contribution < 1.29 is 14.3 Å². The highest BCUT2D eigenvalue weighted by atomic mass is 16.5. The van der Waals surface area contributed by atoms with Gasteiger partial charge in [-0.05, 0) is 55.3 Å². The molecule has 2 saturated heterocycles. The number of nitrogens with one attached hydrogen (secondary N) is 5. The lowest BCUT2D eigenvalue weighted by Crippen LogP contribution is -2.39. The molecule has 0 radical (unpaired) electrons. The predicted molar refractivity (Wildman–Crippen MR) is 281 cm³/mol. The Kier molecular flexibility index (Phi) is 16.8. The molecule has 0 spiro atoms. The van der Waals surface area contributed by atoms with Crippen LogP contribution in [0, 0.1) is 13.8 Å². The molecule has 2 aliphatic rings. The molecule has 5 aromatic heterocycles. The highest BCUT2D eigenvalue weighted by Crippen LogP contribution is 2.32. The van der Waals surface area contributed by atoms with Gasteiger partial charge in [-0.25, -0.2) is 39.9 Å². The van der Waals surface area contributed by atoms with Gasteiger partial charge in [0.05, 0.1) is 54.6 Å². The molecule has 21 heteroatoms. The largest absolute Gasteiger partial charge is 0.399 e. The van der Waals surface area contributed by atoms with Gasteiger partial charge >= 0.3 is 0 Å². The number of anilines is 8. The van der Waals surface area contributed by atoms with Gasteiger partial charge < -0.3 is 41.8 Å². The summed E-state index contributed by atoms with van der Waals surface area (Å²) in [5, 5.41) is 21.1. The Morgan fingerprint density at radius 2 is 1.17 bits per heavy atom. The topological polar surface area (TPSA) is 249 Å². The lowest BCUT2D eigenvalue weighted by Gasteiger charge is -2.26. The Morgan fingerprint density at radius 1 is 0.653 bits per heavy atom. The molecule has 2 aliphatic heterocycles. The Morgan fingerprint density at radius 3 is 1.68 bits per heavy atom. The summed E-state index contributed by atoms with van der Waals surface area (Å²) in [6.45, 7) is 20.6. The minimum absolute atomic E-state index is 0.157. The monoisotopic (exact) mass is 977 g/mol. The molecule has 72 heavy (non-hydrogen) atoms. The fourth-order valence-electron chi connectivity index (χ4n) is 7.87. The fraction of sp³-hybridized carbons (Fsp3) is 0.373. The average molecular weight is 977 g/mol. The molecule has 0 atom stereocenters. The molecule has 376 valence electrons.